The maximum Gasteiger partial charge on any atom is 0.421 e. The summed E-state index contributed by atoms with van der Waals surface area (Å²) in [5, 5.41) is 3.27. The molecule has 0 saturated carbocycles. The van der Waals surface area contributed by atoms with Crippen molar-refractivity contribution in [3.63, 3.8) is 0 Å². The highest BCUT2D eigenvalue weighted by Crippen LogP contribution is 2.13. The molecular weight excluding hydrogens is 246 g/mol. The quantitative estimate of drug-likeness (QED) is 0.726. The zero-order valence-electron chi connectivity index (χ0n) is 10.1. The molecule has 0 radical (unpaired) electrons. The summed E-state index contributed by atoms with van der Waals surface area (Å²) in [7, 11) is -2.62. The minimum absolute atomic E-state index is 0.351. The van der Waals surface area contributed by atoms with Crippen LogP contribution in [0.4, 0.5) is 4.79 Å². The molecule has 1 aliphatic rings. The predicted octanol–water partition coefficient (Wildman–Crippen LogP) is -0.339. The van der Waals surface area contributed by atoms with Crippen LogP contribution in [0, 0.1) is 0 Å². The average molecular weight is 265 g/mol. The molecule has 0 atom stereocenters. The fourth-order valence-electron chi connectivity index (χ4n) is 1.80. The molecule has 100 valence electrons. The van der Waals surface area contributed by atoms with E-state index in [-0.39, 0.29) is 0 Å². The lowest BCUT2D eigenvalue weighted by atomic mass is 10.1. The lowest BCUT2D eigenvalue weighted by molar-refractivity contribution is 0.176. The van der Waals surface area contributed by atoms with E-state index < -0.39 is 16.3 Å². The average Bonchev–Trinajstić information content (AvgIpc) is 2.29. The van der Waals surface area contributed by atoms with Crippen molar-refractivity contribution in [1.29, 1.82) is 0 Å². The first-order valence-electron chi connectivity index (χ1n) is 5.58. The Labute approximate surface area is 102 Å². The summed E-state index contributed by atoms with van der Waals surface area (Å²) in [6.07, 6.45) is 0.532. The molecule has 2 N–H and O–H groups in total. The summed E-state index contributed by atoms with van der Waals surface area (Å²) in [5.41, 5.74) is 0. The lowest BCUT2D eigenvalue weighted by Gasteiger charge is -2.31. The largest absolute Gasteiger partial charge is 0.452 e. The van der Waals surface area contributed by atoms with Gasteiger partial charge < -0.3 is 10.1 Å². The van der Waals surface area contributed by atoms with Gasteiger partial charge >= 0.3 is 16.3 Å². The Morgan fingerprint density at radius 1 is 1.41 bits per heavy atom. The molecule has 0 spiro atoms. The molecule has 17 heavy (non-hydrogen) atoms. The van der Waals surface area contributed by atoms with Crippen LogP contribution < -0.4 is 10.0 Å². The van der Waals surface area contributed by atoms with Crippen LogP contribution in [0.3, 0.4) is 0 Å². The van der Waals surface area contributed by atoms with Gasteiger partial charge in [-0.3, -0.25) is 0 Å². The van der Waals surface area contributed by atoms with Crippen molar-refractivity contribution in [2.24, 2.45) is 0 Å². The molecule has 1 heterocycles. The Hall–Kier alpha value is -0.860. The smallest absolute Gasteiger partial charge is 0.421 e. The van der Waals surface area contributed by atoms with Gasteiger partial charge in [-0.15, -0.1) is 0 Å². The second kappa shape index (κ2) is 6.18. The molecular formula is C9H19N3O4S. The van der Waals surface area contributed by atoms with Gasteiger partial charge in [-0.2, -0.15) is 12.7 Å². The highest BCUT2D eigenvalue weighted by atomic mass is 32.2. The monoisotopic (exact) mass is 265 g/mol. The molecule has 7 nitrogen and oxygen atoms in total. The summed E-state index contributed by atoms with van der Waals surface area (Å²) in [6.45, 7) is 3.70. The van der Waals surface area contributed by atoms with Crippen LogP contribution in [0.15, 0.2) is 0 Å². The highest BCUT2D eigenvalue weighted by molar-refractivity contribution is 7.87. The molecule has 1 saturated heterocycles. The number of hydrogen-bond donors (Lipinski definition) is 2. The van der Waals surface area contributed by atoms with Gasteiger partial charge in [0.1, 0.15) is 0 Å². The molecule has 1 aliphatic heterocycles. The van der Waals surface area contributed by atoms with Gasteiger partial charge in [-0.25, -0.2) is 9.52 Å². The number of methoxy groups -OCH3 is 1. The molecule has 8 heteroatoms. The zero-order valence-corrected chi connectivity index (χ0v) is 10.9. The molecule has 0 aromatic rings. The number of nitrogens with zero attached hydrogens (tertiary/aromatic N) is 1. The normalized spacial score (nSPS) is 18.9. The van der Waals surface area contributed by atoms with Gasteiger partial charge in [0.15, 0.2) is 0 Å². The van der Waals surface area contributed by atoms with E-state index >= 15 is 0 Å². The van der Waals surface area contributed by atoms with Crippen molar-refractivity contribution in [2.75, 3.05) is 26.7 Å². The number of piperidine rings is 1. The third-order valence-corrected chi connectivity index (χ3v) is 4.15. The SMILES string of the molecule is CCNC1CCN(S(=O)(=O)NC(=O)OC)CC1. The van der Waals surface area contributed by atoms with Crippen molar-refractivity contribution in [3.05, 3.63) is 0 Å². The van der Waals surface area contributed by atoms with Crippen LogP contribution in [0.5, 0.6) is 0 Å². The molecule has 1 fully saturated rings. The maximum absolute atomic E-state index is 11.7. The summed E-state index contributed by atoms with van der Waals surface area (Å²) in [4.78, 5) is 10.9. The molecule has 1 amide bonds. The van der Waals surface area contributed by atoms with E-state index in [1.54, 1.807) is 0 Å². The molecule has 0 aromatic heterocycles. The first-order chi connectivity index (χ1) is 7.99. The second-order valence-electron chi connectivity index (χ2n) is 3.83. The van der Waals surface area contributed by atoms with Crippen LogP contribution in [0.25, 0.3) is 0 Å². The summed E-state index contributed by atoms with van der Waals surface area (Å²) >= 11 is 0. The van der Waals surface area contributed by atoms with E-state index in [1.807, 2.05) is 11.6 Å². The van der Waals surface area contributed by atoms with Gasteiger partial charge in [0.05, 0.1) is 7.11 Å². The third kappa shape index (κ3) is 4.14. The van der Waals surface area contributed by atoms with Crippen molar-refractivity contribution >= 4 is 16.3 Å². The molecule has 0 aliphatic carbocycles. The number of rotatable bonds is 4. The molecule has 0 bridgehead atoms. The Balaban J connectivity index is 2.50. The first-order valence-corrected chi connectivity index (χ1v) is 7.02. The number of amides is 1. The molecule has 0 unspecified atom stereocenters. The van der Waals surface area contributed by atoms with E-state index in [0.29, 0.717) is 19.1 Å². The Bertz CT molecular complexity index is 349. The van der Waals surface area contributed by atoms with E-state index in [1.165, 1.54) is 4.31 Å². The van der Waals surface area contributed by atoms with E-state index in [2.05, 4.69) is 10.1 Å². The number of nitrogens with one attached hydrogen (secondary N) is 2. The summed E-state index contributed by atoms with van der Waals surface area (Å²) in [5.74, 6) is 0. The van der Waals surface area contributed by atoms with Crippen LogP contribution in [-0.4, -0.2) is 51.6 Å². The Kier molecular flexibility index (Phi) is 5.16. The van der Waals surface area contributed by atoms with Crippen molar-refractivity contribution in [2.45, 2.75) is 25.8 Å². The molecule has 0 aromatic carbocycles. The standard InChI is InChI=1S/C9H19N3O4S/c1-3-10-8-4-6-12(7-5-8)17(14,15)11-9(13)16-2/h8,10H,3-7H2,1-2H3,(H,11,13). The van der Waals surface area contributed by atoms with E-state index in [4.69, 9.17) is 0 Å². The highest BCUT2D eigenvalue weighted by Gasteiger charge is 2.29. The topological polar surface area (TPSA) is 87.7 Å². The summed E-state index contributed by atoms with van der Waals surface area (Å²) in [6, 6.07) is 0.351. The number of carbonyl (C=O) groups excluding carboxylic acids is 1. The van der Waals surface area contributed by atoms with Gasteiger partial charge in [0, 0.05) is 19.1 Å². The van der Waals surface area contributed by atoms with E-state index in [0.717, 1.165) is 26.5 Å². The third-order valence-electron chi connectivity index (χ3n) is 2.68. The van der Waals surface area contributed by atoms with Gasteiger partial charge in [-0.05, 0) is 19.4 Å². The van der Waals surface area contributed by atoms with Crippen molar-refractivity contribution < 1.29 is 17.9 Å². The lowest BCUT2D eigenvalue weighted by Crippen LogP contribution is -2.49. The van der Waals surface area contributed by atoms with Crippen LogP contribution in [-0.2, 0) is 14.9 Å². The van der Waals surface area contributed by atoms with E-state index in [9.17, 15) is 13.2 Å². The number of hydrogen-bond acceptors (Lipinski definition) is 5. The number of ether oxygens (including phenoxy) is 1. The van der Waals surface area contributed by atoms with Crippen LogP contribution in [0.1, 0.15) is 19.8 Å². The number of carbonyl (C=O) groups is 1. The first kappa shape index (κ1) is 14.2. The zero-order chi connectivity index (χ0) is 12.9. The fourth-order valence-corrected chi connectivity index (χ4v) is 2.92. The minimum atomic E-state index is -3.75. The summed E-state index contributed by atoms with van der Waals surface area (Å²) < 4.78 is 30.8. The predicted molar refractivity (Wildman–Crippen MR) is 62.7 cm³/mol. The van der Waals surface area contributed by atoms with Gasteiger partial charge in [0.25, 0.3) is 0 Å². The second-order valence-corrected chi connectivity index (χ2v) is 5.50. The van der Waals surface area contributed by atoms with Gasteiger partial charge in [-0.1, -0.05) is 6.92 Å². The maximum atomic E-state index is 11.7. The molecule has 1 rings (SSSR count). The fraction of sp³-hybridized carbons (Fsp3) is 0.889. The Morgan fingerprint density at radius 3 is 2.47 bits per heavy atom. The van der Waals surface area contributed by atoms with Crippen LogP contribution >= 0.6 is 0 Å². The minimum Gasteiger partial charge on any atom is -0.452 e. The van der Waals surface area contributed by atoms with Crippen LogP contribution in [0.2, 0.25) is 0 Å². The Morgan fingerprint density at radius 2 is 2.00 bits per heavy atom. The van der Waals surface area contributed by atoms with Crippen molar-refractivity contribution in [1.82, 2.24) is 14.3 Å². The van der Waals surface area contributed by atoms with Crippen molar-refractivity contribution in [3.8, 4) is 0 Å². The van der Waals surface area contributed by atoms with Gasteiger partial charge in [0.2, 0.25) is 0 Å².